The minimum atomic E-state index is -4.64. The van der Waals surface area contributed by atoms with Gasteiger partial charge in [-0.3, -0.25) is 9.79 Å². The number of benzene rings is 1. The van der Waals surface area contributed by atoms with Crippen molar-refractivity contribution in [1.82, 2.24) is 4.98 Å². The zero-order chi connectivity index (χ0) is 21.7. The third kappa shape index (κ3) is 5.28. The van der Waals surface area contributed by atoms with Gasteiger partial charge in [-0.15, -0.1) is 0 Å². The second-order valence-corrected chi connectivity index (χ2v) is 7.11. The summed E-state index contributed by atoms with van der Waals surface area (Å²) in [4.78, 5) is 20.5. The minimum absolute atomic E-state index is 0.243. The second-order valence-electron chi connectivity index (χ2n) is 7.11. The lowest BCUT2D eigenvalue weighted by Crippen LogP contribution is -2.17. The first-order valence-electron chi connectivity index (χ1n) is 9.64. The fourth-order valence-electron chi connectivity index (χ4n) is 3.31. The molecule has 2 aromatic rings. The summed E-state index contributed by atoms with van der Waals surface area (Å²) in [5.41, 5.74) is 5.84. The molecule has 0 unspecified atom stereocenters. The smallest absolute Gasteiger partial charge is 0.433 e. The van der Waals surface area contributed by atoms with Crippen LogP contribution in [0.25, 0.3) is 0 Å². The summed E-state index contributed by atoms with van der Waals surface area (Å²) < 4.78 is 43.9. The summed E-state index contributed by atoms with van der Waals surface area (Å²) in [7, 11) is 1.41. The summed E-state index contributed by atoms with van der Waals surface area (Å²) in [5.74, 6) is -0.512. The topological polar surface area (TPSA) is 89.6 Å². The average molecular weight is 420 g/mol. The number of hydrogen-bond acceptors (Lipinski definition) is 5. The number of nitrogens with two attached hydrogens (primary N) is 1. The standard InChI is InChI=1S/C21H23F3N4O2/c1-30-18-11-15(25)13(12-26-14-6-3-2-4-7-14)10-17(18)28-20(29)16-8-5-9-19(27-16)21(22,23)24/h5,8-12,14H,2-4,6-7,25H2,1H3,(H,28,29). The van der Waals surface area contributed by atoms with Crippen molar-refractivity contribution in [3.8, 4) is 5.75 Å². The number of nitrogens with zero attached hydrogens (tertiary/aromatic N) is 2. The Labute approximate surface area is 172 Å². The van der Waals surface area contributed by atoms with Crippen LogP contribution in [0.4, 0.5) is 24.5 Å². The number of aliphatic imine (C=N–C) groups is 1. The molecule has 6 nitrogen and oxygen atoms in total. The van der Waals surface area contributed by atoms with Gasteiger partial charge < -0.3 is 15.8 Å². The number of anilines is 2. The van der Waals surface area contributed by atoms with Crippen LogP contribution in [0.1, 0.15) is 53.8 Å². The Kier molecular flexibility index (Phi) is 6.59. The molecule has 1 fully saturated rings. The molecule has 0 atom stereocenters. The quantitative estimate of drug-likeness (QED) is 0.542. The highest BCUT2D eigenvalue weighted by atomic mass is 19.4. The van der Waals surface area contributed by atoms with E-state index in [-0.39, 0.29) is 23.2 Å². The van der Waals surface area contributed by atoms with Gasteiger partial charge in [0.2, 0.25) is 0 Å². The molecule has 160 valence electrons. The maximum absolute atomic E-state index is 12.9. The van der Waals surface area contributed by atoms with E-state index in [2.05, 4.69) is 15.3 Å². The summed E-state index contributed by atoms with van der Waals surface area (Å²) >= 11 is 0. The van der Waals surface area contributed by atoms with Crippen LogP contribution in [0.2, 0.25) is 0 Å². The van der Waals surface area contributed by atoms with E-state index in [9.17, 15) is 18.0 Å². The first kappa shape index (κ1) is 21.6. The molecule has 1 aromatic heterocycles. The van der Waals surface area contributed by atoms with Gasteiger partial charge in [-0.25, -0.2) is 4.98 Å². The molecule has 0 bridgehead atoms. The second kappa shape index (κ2) is 9.15. The van der Waals surface area contributed by atoms with E-state index in [0.29, 0.717) is 11.3 Å². The molecule has 0 aliphatic heterocycles. The molecule has 30 heavy (non-hydrogen) atoms. The van der Waals surface area contributed by atoms with Gasteiger partial charge in [0.25, 0.3) is 5.91 Å². The molecule has 1 amide bonds. The summed E-state index contributed by atoms with van der Waals surface area (Å²) in [6, 6.07) is 6.52. The van der Waals surface area contributed by atoms with Crippen LogP contribution in [0, 0.1) is 0 Å². The molecule has 1 aromatic carbocycles. The van der Waals surface area contributed by atoms with Gasteiger partial charge in [-0.2, -0.15) is 13.2 Å². The van der Waals surface area contributed by atoms with Crippen molar-refractivity contribution in [3.05, 3.63) is 47.3 Å². The summed E-state index contributed by atoms with van der Waals surface area (Å²) in [6.45, 7) is 0. The molecule has 1 saturated carbocycles. The molecular weight excluding hydrogens is 397 g/mol. The predicted octanol–water partition coefficient (Wildman–Crippen LogP) is 4.70. The van der Waals surface area contributed by atoms with Crippen molar-refractivity contribution in [1.29, 1.82) is 0 Å². The van der Waals surface area contributed by atoms with Crippen LogP contribution >= 0.6 is 0 Å². The van der Waals surface area contributed by atoms with Crippen molar-refractivity contribution in [2.24, 2.45) is 4.99 Å². The number of nitrogen functional groups attached to an aromatic ring is 1. The number of rotatable bonds is 5. The van der Waals surface area contributed by atoms with Crippen LogP contribution in [0.3, 0.4) is 0 Å². The third-order valence-corrected chi connectivity index (χ3v) is 4.92. The van der Waals surface area contributed by atoms with Crippen molar-refractivity contribution in [3.63, 3.8) is 0 Å². The number of ether oxygens (including phenoxy) is 1. The molecule has 3 N–H and O–H groups in total. The van der Waals surface area contributed by atoms with Crippen LogP contribution in [0.15, 0.2) is 35.3 Å². The maximum Gasteiger partial charge on any atom is 0.433 e. The van der Waals surface area contributed by atoms with Crippen LogP contribution in [-0.4, -0.2) is 30.3 Å². The van der Waals surface area contributed by atoms with Crippen molar-refractivity contribution < 1.29 is 22.7 Å². The Morgan fingerprint density at radius 1 is 1.27 bits per heavy atom. The highest BCUT2D eigenvalue weighted by Gasteiger charge is 2.33. The van der Waals surface area contributed by atoms with E-state index in [4.69, 9.17) is 10.5 Å². The Morgan fingerprint density at radius 3 is 2.67 bits per heavy atom. The zero-order valence-corrected chi connectivity index (χ0v) is 16.5. The van der Waals surface area contributed by atoms with Gasteiger partial charge in [0.05, 0.1) is 12.8 Å². The molecule has 1 aliphatic rings. The molecule has 1 heterocycles. The van der Waals surface area contributed by atoms with E-state index in [0.717, 1.165) is 37.8 Å². The van der Waals surface area contributed by atoms with Gasteiger partial charge in [0, 0.05) is 29.6 Å². The fourth-order valence-corrected chi connectivity index (χ4v) is 3.31. The molecule has 0 spiro atoms. The summed E-state index contributed by atoms with van der Waals surface area (Å²) in [6.07, 6.45) is 2.59. The van der Waals surface area contributed by atoms with E-state index < -0.39 is 17.8 Å². The highest BCUT2D eigenvalue weighted by Crippen LogP contribution is 2.31. The van der Waals surface area contributed by atoms with Crippen molar-refractivity contribution in [2.75, 3.05) is 18.2 Å². The van der Waals surface area contributed by atoms with E-state index in [1.807, 2.05) is 0 Å². The average Bonchev–Trinajstić information content (AvgIpc) is 2.74. The lowest BCUT2D eigenvalue weighted by atomic mass is 9.96. The zero-order valence-electron chi connectivity index (χ0n) is 16.5. The number of carbonyl (C=O) groups excluding carboxylic acids is 1. The highest BCUT2D eigenvalue weighted by molar-refractivity contribution is 6.04. The number of hydrogen-bond donors (Lipinski definition) is 2. The predicted molar refractivity (Wildman–Crippen MR) is 109 cm³/mol. The van der Waals surface area contributed by atoms with E-state index in [1.165, 1.54) is 25.7 Å². The van der Waals surface area contributed by atoms with E-state index >= 15 is 0 Å². The molecule has 0 saturated heterocycles. The SMILES string of the molecule is COc1cc(N)c(C=NC2CCCCC2)cc1NC(=O)c1cccc(C(F)(F)F)n1. The van der Waals surface area contributed by atoms with Crippen LogP contribution in [0.5, 0.6) is 5.75 Å². The van der Waals surface area contributed by atoms with Crippen molar-refractivity contribution >= 4 is 23.5 Å². The number of amides is 1. The molecule has 9 heteroatoms. The van der Waals surface area contributed by atoms with Gasteiger partial charge >= 0.3 is 6.18 Å². The summed E-state index contributed by atoms with van der Waals surface area (Å²) in [5, 5.41) is 2.55. The number of alkyl halides is 3. The first-order chi connectivity index (χ1) is 14.3. The molecule has 0 radical (unpaired) electrons. The number of nitrogens with one attached hydrogen (secondary N) is 1. The Balaban J connectivity index is 1.84. The largest absolute Gasteiger partial charge is 0.494 e. The Bertz CT molecular complexity index is 938. The fraction of sp³-hybridized carbons (Fsp3) is 0.381. The number of halogens is 3. The van der Waals surface area contributed by atoms with E-state index in [1.54, 1.807) is 12.3 Å². The van der Waals surface area contributed by atoms with Gasteiger partial charge in [0.15, 0.2) is 0 Å². The molecule has 3 rings (SSSR count). The Hall–Kier alpha value is -3.10. The maximum atomic E-state index is 12.9. The van der Waals surface area contributed by atoms with Crippen LogP contribution in [-0.2, 0) is 6.18 Å². The Morgan fingerprint density at radius 2 is 2.00 bits per heavy atom. The first-order valence-corrected chi connectivity index (χ1v) is 9.64. The number of carbonyl (C=O) groups is 1. The van der Waals surface area contributed by atoms with Gasteiger partial charge in [-0.05, 0) is 31.0 Å². The lowest BCUT2D eigenvalue weighted by molar-refractivity contribution is -0.141. The minimum Gasteiger partial charge on any atom is -0.494 e. The molecule has 1 aliphatic carbocycles. The van der Waals surface area contributed by atoms with Crippen molar-refractivity contribution in [2.45, 2.75) is 44.3 Å². The number of methoxy groups -OCH3 is 1. The third-order valence-electron chi connectivity index (χ3n) is 4.92. The number of pyridine rings is 1. The monoisotopic (exact) mass is 420 g/mol. The lowest BCUT2D eigenvalue weighted by Gasteiger charge is -2.17. The van der Waals surface area contributed by atoms with Gasteiger partial charge in [-0.1, -0.05) is 25.3 Å². The number of aromatic nitrogens is 1. The van der Waals surface area contributed by atoms with Gasteiger partial charge in [0.1, 0.15) is 17.1 Å². The van der Waals surface area contributed by atoms with Crippen LogP contribution < -0.4 is 15.8 Å². The molecular formula is C21H23F3N4O2. The normalized spacial score (nSPS) is 15.3.